The average Bonchev–Trinajstić information content (AvgIpc) is 3.30. The molecule has 2 aromatic carbocycles. The topological polar surface area (TPSA) is 54.7 Å². The second kappa shape index (κ2) is 5.57. The molecule has 25 heavy (non-hydrogen) atoms. The van der Waals surface area contributed by atoms with Gasteiger partial charge in [-0.1, -0.05) is 28.1 Å². The highest BCUT2D eigenvalue weighted by Crippen LogP contribution is 2.33. The number of nitrogens with zero attached hydrogens (tertiary/aromatic N) is 2. The van der Waals surface area contributed by atoms with Crippen molar-refractivity contribution in [1.29, 1.82) is 0 Å². The van der Waals surface area contributed by atoms with Crippen molar-refractivity contribution >= 4 is 37.9 Å². The fraction of sp³-hybridized carbons (Fsp3) is 0. The summed E-state index contributed by atoms with van der Waals surface area (Å²) >= 11 is 3.55. The van der Waals surface area contributed by atoms with E-state index in [9.17, 15) is 0 Å². The SMILES string of the molecule is Brc1ccc2nc(-c3ccco3)cc(-c3nc4ccccc4[nH]3)c2c1. The molecule has 0 saturated carbocycles. The molecule has 5 heteroatoms. The van der Waals surface area contributed by atoms with Crippen LogP contribution in [0.4, 0.5) is 0 Å². The van der Waals surface area contributed by atoms with E-state index in [0.29, 0.717) is 0 Å². The van der Waals surface area contributed by atoms with Gasteiger partial charge in [0.15, 0.2) is 5.76 Å². The van der Waals surface area contributed by atoms with E-state index in [4.69, 9.17) is 14.4 Å². The van der Waals surface area contributed by atoms with Crippen LogP contribution in [0.25, 0.3) is 44.8 Å². The smallest absolute Gasteiger partial charge is 0.152 e. The fourth-order valence-corrected chi connectivity index (χ4v) is 3.39. The zero-order chi connectivity index (χ0) is 16.8. The fourth-order valence-electron chi connectivity index (χ4n) is 3.02. The van der Waals surface area contributed by atoms with Crippen molar-refractivity contribution in [3.05, 3.63) is 71.4 Å². The number of aromatic amines is 1. The van der Waals surface area contributed by atoms with Gasteiger partial charge in [0.2, 0.25) is 0 Å². The van der Waals surface area contributed by atoms with Crippen molar-refractivity contribution in [3.63, 3.8) is 0 Å². The van der Waals surface area contributed by atoms with Gasteiger partial charge in [0.1, 0.15) is 11.5 Å². The minimum absolute atomic E-state index is 0.738. The molecule has 0 unspecified atom stereocenters. The maximum atomic E-state index is 5.54. The van der Waals surface area contributed by atoms with Gasteiger partial charge in [0, 0.05) is 15.4 Å². The lowest BCUT2D eigenvalue weighted by atomic mass is 10.1. The van der Waals surface area contributed by atoms with Gasteiger partial charge in [-0.3, -0.25) is 0 Å². The van der Waals surface area contributed by atoms with E-state index in [1.807, 2.05) is 54.6 Å². The summed E-state index contributed by atoms with van der Waals surface area (Å²) in [5, 5.41) is 1.03. The third kappa shape index (κ3) is 2.44. The monoisotopic (exact) mass is 389 g/mol. The first-order valence-corrected chi connectivity index (χ1v) is 8.66. The van der Waals surface area contributed by atoms with E-state index in [0.717, 1.165) is 49.3 Å². The molecule has 0 aliphatic rings. The number of para-hydroxylation sites is 2. The van der Waals surface area contributed by atoms with Crippen molar-refractivity contribution in [2.75, 3.05) is 0 Å². The molecule has 0 spiro atoms. The van der Waals surface area contributed by atoms with Gasteiger partial charge < -0.3 is 9.40 Å². The maximum absolute atomic E-state index is 5.54. The van der Waals surface area contributed by atoms with Gasteiger partial charge in [0.05, 0.1) is 22.8 Å². The van der Waals surface area contributed by atoms with Crippen LogP contribution >= 0.6 is 15.9 Å². The highest BCUT2D eigenvalue weighted by Gasteiger charge is 2.14. The molecule has 0 atom stereocenters. The minimum atomic E-state index is 0.738. The van der Waals surface area contributed by atoms with Crippen LogP contribution < -0.4 is 0 Å². The Morgan fingerprint density at radius 1 is 0.880 bits per heavy atom. The first-order chi connectivity index (χ1) is 12.3. The Balaban J connectivity index is 1.84. The Bertz CT molecular complexity index is 1180. The Hall–Kier alpha value is -2.92. The van der Waals surface area contributed by atoms with E-state index >= 15 is 0 Å². The van der Waals surface area contributed by atoms with Gasteiger partial charge in [-0.2, -0.15) is 0 Å². The van der Waals surface area contributed by atoms with Gasteiger partial charge in [0.25, 0.3) is 0 Å². The second-order valence-corrected chi connectivity index (χ2v) is 6.71. The van der Waals surface area contributed by atoms with Gasteiger partial charge >= 0.3 is 0 Å². The van der Waals surface area contributed by atoms with E-state index in [1.54, 1.807) is 6.26 Å². The molecular formula is C20H12BrN3O. The Kier molecular flexibility index (Phi) is 3.21. The lowest BCUT2D eigenvalue weighted by Gasteiger charge is -2.07. The van der Waals surface area contributed by atoms with Crippen molar-refractivity contribution in [2.24, 2.45) is 0 Å². The molecule has 0 saturated heterocycles. The molecule has 0 aliphatic carbocycles. The van der Waals surface area contributed by atoms with Gasteiger partial charge in [-0.25, -0.2) is 9.97 Å². The molecule has 0 radical (unpaired) electrons. The number of aromatic nitrogens is 3. The molecule has 5 rings (SSSR count). The number of hydrogen-bond acceptors (Lipinski definition) is 3. The Morgan fingerprint density at radius 2 is 1.80 bits per heavy atom. The molecule has 0 amide bonds. The average molecular weight is 390 g/mol. The first kappa shape index (κ1) is 14.4. The molecule has 3 heterocycles. The molecular weight excluding hydrogens is 378 g/mol. The zero-order valence-electron chi connectivity index (χ0n) is 13.0. The quantitative estimate of drug-likeness (QED) is 0.414. The number of halogens is 1. The van der Waals surface area contributed by atoms with Crippen LogP contribution in [-0.4, -0.2) is 15.0 Å². The number of rotatable bonds is 2. The van der Waals surface area contributed by atoms with Crippen LogP contribution in [-0.2, 0) is 0 Å². The molecule has 0 aliphatic heterocycles. The van der Waals surface area contributed by atoms with E-state index in [1.165, 1.54) is 0 Å². The zero-order valence-corrected chi connectivity index (χ0v) is 14.6. The van der Waals surface area contributed by atoms with E-state index in [2.05, 4.69) is 27.0 Å². The summed E-state index contributed by atoms with van der Waals surface area (Å²) in [6, 6.07) is 19.9. The second-order valence-electron chi connectivity index (χ2n) is 5.80. The van der Waals surface area contributed by atoms with Crippen LogP contribution in [0, 0.1) is 0 Å². The van der Waals surface area contributed by atoms with Crippen LogP contribution in [0.15, 0.2) is 75.8 Å². The Labute approximate surface area is 151 Å². The highest BCUT2D eigenvalue weighted by molar-refractivity contribution is 9.10. The maximum Gasteiger partial charge on any atom is 0.152 e. The predicted octanol–water partition coefficient (Wildman–Crippen LogP) is 5.80. The number of benzene rings is 2. The van der Waals surface area contributed by atoms with Gasteiger partial charge in [-0.05, 0) is 48.5 Å². The van der Waals surface area contributed by atoms with Crippen molar-refractivity contribution < 1.29 is 4.42 Å². The van der Waals surface area contributed by atoms with Crippen LogP contribution in [0.5, 0.6) is 0 Å². The van der Waals surface area contributed by atoms with Crippen molar-refractivity contribution in [1.82, 2.24) is 15.0 Å². The molecule has 0 fully saturated rings. The van der Waals surface area contributed by atoms with Crippen LogP contribution in [0.2, 0.25) is 0 Å². The summed E-state index contributed by atoms with van der Waals surface area (Å²) in [7, 11) is 0. The number of hydrogen-bond donors (Lipinski definition) is 1. The number of fused-ring (bicyclic) bond motifs is 2. The lowest BCUT2D eigenvalue weighted by molar-refractivity contribution is 0.580. The summed E-state index contributed by atoms with van der Waals surface area (Å²) in [6.45, 7) is 0. The molecule has 1 N–H and O–H groups in total. The summed E-state index contributed by atoms with van der Waals surface area (Å²) in [4.78, 5) is 12.9. The normalized spacial score (nSPS) is 11.4. The highest BCUT2D eigenvalue weighted by atomic mass is 79.9. The molecule has 120 valence electrons. The summed E-state index contributed by atoms with van der Waals surface area (Å²) in [5.74, 6) is 1.56. The number of furan rings is 1. The molecule has 4 nitrogen and oxygen atoms in total. The van der Waals surface area contributed by atoms with E-state index in [-0.39, 0.29) is 0 Å². The van der Waals surface area contributed by atoms with Gasteiger partial charge in [-0.15, -0.1) is 0 Å². The molecule has 0 bridgehead atoms. The standard InChI is InChI=1S/C20H12BrN3O/c21-12-7-8-15-13(10-12)14(11-18(22-15)19-6-3-9-25-19)20-23-16-4-1-2-5-17(16)24-20/h1-11H,(H,23,24). The third-order valence-electron chi connectivity index (χ3n) is 4.19. The first-order valence-electron chi connectivity index (χ1n) is 7.87. The number of imidazole rings is 1. The number of pyridine rings is 1. The molecule has 3 aromatic heterocycles. The van der Waals surface area contributed by atoms with Crippen molar-refractivity contribution in [3.8, 4) is 22.8 Å². The number of H-pyrrole nitrogens is 1. The number of nitrogens with one attached hydrogen (secondary N) is 1. The van der Waals surface area contributed by atoms with Crippen LogP contribution in [0.3, 0.4) is 0 Å². The molecule has 5 aromatic rings. The Morgan fingerprint density at radius 3 is 2.64 bits per heavy atom. The summed E-state index contributed by atoms with van der Waals surface area (Å²) < 4.78 is 6.54. The van der Waals surface area contributed by atoms with Crippen LogP contribution in [0.1, 0.15) is 0 Å². The summed E-state index contributed by atoms with van der Waals surface area (Å²) in [6.07, 6.45) is 1.66. The van der Waals surface area contributed by atoms with E-state index < -0.39 is 0 Å². The summed E-state index contributed by atoms with van der Waals surface area (Å²) in [5.41, 5.74) is 4.63. The lowest BCUT2D eigenvalue weighted by Crippen LogP contribution is -1.90. The van der Waals surface area contributed by atoms with Crippen molar-refractivity contribution in [2.45, 2.75) is 0 Å². The predicted molar refractivity (Wildman–Crippen MR) is 102 cm³/mol. The largest absolute Gasteiger partial charge is 0.463 e. The third-order valence-corrected chi connectivity index (χ3v) is 4.68. The minimum Gasteiger partial charge on any atom is -0.463 e.